The van der Waals surface area contributed by atoms with Crippen LogP contribution in [-0.4, -0.2) is 40.5 Å². The number of hydrogen-bond acceptors (Lipinski definition) is 4. The summed E-state index contributed by atoms with van der Waals surface area (Å²) in [6.07, 6.45) is -0.328. The molecule has 19 heavy (non-hydrogen) atoms. The Bertz CT molecular complexity index is 397. The number of aliphatic carboxylic acids is 1. The predicted octanol–water partition coefficient (Wildman–Crippen LogP) is -1.73. The molecule has 0 aromatic heterocycles. The second-order valence-electron chi connectivity index (χ2n) is 4.21. The molecule has 1 unspecified atom stereocenters. The summed E-state index contributed by atoms with van der Waals surface area (Å²) in [5.41, 5.74) is 8.68. The van der Waals surface area contributed by atoms with Gasteiger partial charge in [-0.1, -0.05) is 6.92 Å². The summed E-state index contributed by atoms with van der Waals surface area (Å²) in [7, 11) is 0. The number of hydrogen-bond donors (Lipinski definition) is 5. The highest BCUT2D eigenvalue weighted by atomic mass is 16.4. The molecule has 2 atom stereocenters. The average Bonchev–Trinajstić information content (AvgIpc) is 2.26. The van der Waals surface area contributed by atoms with Gasteiger partial charge < -0.3 is 27.2 Å². The molecule has 9 nitrogen and oxygen atoms in total. The Kier molecular flexibility index (Phi) is 5.77. The summed E-state index contributed by atoms with van der Waals surface area (Å²) in [6, 6.07) is -2.39. The number of carboxylic acids is 1. The van der Waals surface area contributed by atoms with Crippen molar-refractivity contribution < 1.29 is 24.3 Å². The van der Waals surface area contributed by atoms with Gasteiger partial charge in [0, 0.05) is 0 Å². The van der Waals surface area contributed by atoms with Crippen molar-refractivity contribution in [3.05, 3.63) is 0 Å². The maximum Gasteiger partial charge on any atom is 0.326 e. The van der Waals surface area contributed by atoms with E-state index in [2.05, 4.69) is 5.32 Å². The van der Waals surface area contributed by atoms with Gasteiger partial charge in [0.15, 0.2) is 0 Å². The summed E-state index contributed by atoms with van der Waals surface area (Å²) < 4.78 is 0. The van der Waals surface area contributed by atoms with E-state index in [0.717, 1.165) is 0 Å². The lowest BCUT2D eigenvalue weighted by atomic mass is 9.98. The van der Waals surface area contributed by atoms with E-state index in [1.54, 1.807) is 6.92 Å². The number of carboxylic acid groups (broad SMARTS) is 1. The van der Waals surface area contributed by atoms with E-state index in [1.165, 1.54) is 6.92 Å². The second kappa shape index (κ2) is 6.57. The number of carbonyl (C=O) groups excluding carboxylic acids is 3. The minimum Gasteiger partial charge on any atom is -0.480 e. The first-order chi connectivity index (χ1) is 8.62. The number of rotatable bonds is 7. The Morgan fingerprint density at radius 3 is 2.11 bits per heavy atom. The number of amides is 4. The molecule has 0 rings (SSSR count). The van der Waals surface area contributed by atoms with Crippen molar-refractivity contribution in [2.45, 2.75) is 38.3 Å². The van der Waals surface area contributed by atoms with Gasteiger partial charge in [0.2, 0.25) is 11.8 Å². The van der Waals surface area contributed by atoms with E-state index in [4.69, 9.17) is 16.6 Å². The van der Waals surface area contributed by atoms with Crippen molar-refractivity contribution in [1.82, 2.24) is 10.6 Å². The molecule has 0 saturated carbocycles. The molecule has 108 valence electrons. The highest BCUT2D eigenvalue weighted by Gasteiger charge is 2.32. The summed E-state index contributed by atoms with van der Waals surface area (Å²) in [5.74, 6) is -3.04. The SMILES string of the molecule is CCC(C)(NC(=O)N[C@@H](CC(N)=O)C(=O)O)C(N)=O. The zero-order valence-electron chi connectivity index (χ0n) is 10.7. The van der Waals surface area contributed by atoms with E-state index in [1.807, 2.05) is 5.32 Å². The molecular formula is C10H18N4O5. The maximum atomic E-state index is 11.6. The molecule has 9 heteroatoms. The third-order valence-electron chi connectivity index (χ3n) is 2.65. The fraction of sp³-hybridized carbons (Fsp3) is 0.600. The van der Waals surface area contributed by atoms with Crippen LogP contribution in [0.1, 0.15) is 26.7 Å². The second-order valence-corrected chi connectivity index (χ2v) is 4.21. The molecule has 0 aromatic carbocycles. The van der Waals surface area contributed by atoms with Gasteiger partial charge in [-0.3, -0.25) is 9.59 Å². The van der Waals surface area contributed by atoms with Crippen LogP contribution in [-0.2, 0) is 14.4 Å². The zero-order valence-corrected chi connectivity index (χ0v) is 10.7. The van der Waals surface area contributed by atoms with Crippen LogP contribution < -0.4 is 22.1 Å². The van der Waals surface area contributed by atoms with Gasteiger partial charge in [0.25, 0.3) is 0 Å². The topological polar surface area (TPSA) is 165 Å². The fourth-order valence-electron chi connectivity index (χ4n) is 1.17. The predicted molar refractivity (Wildman–Crippen MR) is 64.8 cm³/mol. The molecule has 0 bridgehead atoms. The number of nitrogens with two attached hydrogens (primary N) is 2. The zero-order chi connectivity index (χ0) is 15.2. The Morgan fingerprint density at radius 1 is 1.26 bits per heavy atom. The maximum absolute atomic E-state index is 11.6. The Balaban J connectivity index is 4.70. The summed E-state index contributed by atoms with van der Waals surface area (Å²) in [6.45, 7) is 3.03. The molecule has 0 saturated heterocycles. The van der Waals surface area contributed by atoms with Gasteiger partial charge >= 0.3 is 12.0 Å². The Morgan fingerprint density at radius 2 is 1.79 bits per heavy atom. The van der Waals surface area contributed by atoms with Crippen LogP contribution in [0, 0.1) is 0 Å². The first-order valence-corrected chi connectivity index (χ1v) is 5.52. The highest BCUT2D eigenvalue weighted by Crippen LogP contribution is 2.07. The Labute approximate surface area is 109 Å². The molecule has 4 amide bonds. The van der Waals surface area contributed by atoms with Crippen LogP contribution in [0.5, 0.6) is 0 Å². The van der Waals surface area contributed by atoms with E-state index in [0.29, 0.717) is 0 Å². The number of nitrogens with one attached hydrogen (secondary N) is 2. The van der Waals surface area contributed by atoms with Crippen LogP contribution in [0.2, 0.25) is 0 Å². The molecule has 0 fully saturated rings. The molecule has 0 spiro atoms. The number of urea groups is 1. The van der Waals surface area contributed by atoms with E-state index in [-0.39, 0.29) is 6.42 Å². The smallest absolute Gasteiger partial charge is 0.326 e. The third-order valence-corrected chi connectivity index (χ3v) is 2.65. The molecule has 0 aliphatic carbocycles. The van der Waals surface area contributed by atoms with Crippen molar-refractivity contribution in [2.75, 3.05) is 0 Å². The summed E-state index contributed by atoms with van der Waals surface area (Å²) in [5, 5.41) is 13.1. The van der Waals surface area contributed by atoms with Gasteiger partial charge in [0.05, 0.1) is 6.42 Å². The summed E-state index contributed by atoms with van der Waals surface area (Å²) >= 11 is 0. The van der Waals surface area contributed by atoms with Crippen LogP contribution in [0.4, 0.5) is 4.79 Å². The van der Waals surface area contributed by atoms with Gasteiger partial charge in [-0.15, -0.1) is 0 Å². The normalized spacial score (nSPS) is 14.8. The largest absolute Gasteiger partial charge is 0.480 e. The van der Waals surface area contributed by atoms with Crippen molar-refractivity contribution in [2.24, 2.45) is 11.5 Å². The fourth-order valence-corrected chi connectivity index (χ4v) is 1.17. The minimum absolute atomic E-state index is 0.226. The molecule has 0 aliphatic rings. The molecular weight excluding hydrogens is 256 g/mol. The van der Waals surface area contributed by atoms with Crippen molar-refractivity contribution in [3.63, 3.8) is 0 Å². The van der Waals surface area contributed by atoms with Crippen molar-refractivity contribution in [1.29, 1.82) is 0 Å². The molecule has 7 N–H and O–H groups in total. The highest BCUT2D eigenvalue weighted by molar-refractivity contribution is 5.92. The Hall–Kier alpha value is -2.32. The number of primary amides is 2. The molecule has 0 aliphatic heterocycles. The van der Waals surface area contributed by atoms with Gasteiger partial charge in [-0.25, -0.2) is 9.59 Å². The van der Waals surface area contributed by atoms with Gasteiger partial charge in [0.1, 0.15) is 11.6 Å². The molecule has 0 heterocycles. The lowest BCUT2D eigenvalue weighted by molar-refractivity contribution is -0.140. The first kappa shape index (κ1) is 16.7. The molecule has 0 radical (unpaired) electrons. The van der Waals surface area contributed by atoms with Gasteiger partial charge in [-0.05, 0) is 13.3 Å². The average molecular weight is 274 g/mol. The van der Waals surface area contributed by atoms with Crippen molar-refractivity contribution >= 4 is 23.8 Å². The number of carbonyl (C=O) groups is 4. The van der Waals surface area contributed by atoms with Crippen LogP contribution in [0.3, 0.4) is 0 Å². The van der Waals surface area contributed by atoms with E-state index < -0.39 is 41.8 Å². The summed E-state index contributed by atoms with van der Waals surface area (Å²) in [4.78, 5) is 44.2. The van der Waals surface area contributed by atoms with Crippen LogP contribution in [0.15, 0.2) is 0 Å². The standard InChI is InChI=1S/C10H18N4O5/c1-3-10(2,8(12)18)14-9(19)13-5(7(16)17)4-6(11)15/h5H,3-4H2,1-2H3,(H2,11,15)(H2,12,18)(H,16,17)(H2,13,14,19)/t5-,10?/m0/s1. The van der Waals surface area contributed by atoms with Crippen LogP contribution in [0.25, 0.3) is 0 Å². The quantitative estimate of drug-likeness (QED) is 0.371. The van der Waals surface area contributed by atoms with Gasteiger partial charge in [-0.2, -0.15) is 0 Å². The first-order valence-electron chi connectivity index (χ1n) is 5.52. The third kappa shape index (κ3) is 5.23. The monoisotopic (exact) mass is 274 g/mol. The van der Waals surface area contributed by atoms with Crippen LogP contribution >= 0.6 is 0 Å². The lowest BCUT2D eigenvalue weighted by Crippen LogP contribution is -2.59. The molecule has 0 aromatic rings. The lowest BCUT2D eigenvalue weighted by Gasteiger charge is -2.26. The van der Waals surface area contributed by atoms with Crippen molar-refractivity contribution in [3.8, 4) is 0 Å². The van der Waals surface area contributed by atoms with E-state index >= 15 is 0 Å². The minimum atomic E-state index is -1.47. The van der Waals surface area contributed by atoms with E-state index in [9.17, 15) is 19.2 Å².